The van der Waals surface area contributed by atoms with Crippen molar-refractivity contribution in [3.05, 3.63) is 29.8 Å². The number of halogens is 4. The number of carboxylic acid groups (broad SMARTS) is 1. The van der Waals surface area contributed by atoms with Crippen molar-refractivity contribution in [1.82, 2.24) is 0 Å². The highest BCUT2D eigenvalue weighted by Gasteiger charge is 2.12. The molecule has 1 aromatic carbocycles. The fraction of sp³-hybridized carbons (Fsp3) is 0.462. The van der Waals surface area contributed by atoms with Crippen molar-refractivity contribution in [1.29, 1.82) is 0 Å². The molecule has 0 fully saturated rings. The van der Waals surface area contributed by atoms with E-state index in [1.165, 1.54) is 0 Å². The maximum atomic E-state index is 10.7. The van der Waals surface area contributed by atoms with Crippen LogP contribution >= 0.6 is 48.0 Å². The minimum Gasteiger partial charge on any atom is -0.480 e. The lowest BCUT2D eigenvalue weighted by Gasteiger charge is -2.23. The summed E-state index contributed by atoms with van der Waals surface area (Å²) < 4.78 is 0. The summed E-state index contributed by atoms with van der Waals surface area (Å²) in [4.78, 5) is 12.8. The number of nitrogens with zero attached hydrogens (tertiary/aromatic N) is 1. The van der Waals surface area contributed by atoms with Gasteiger partial charge in [-0.2, -0.15) is 0 Å². The minimum absolute atomic E-state index is 0. The highest BCUT2D eigenvalue weighted by Crippen LogP contribution is 2.16. The van der Waals surface area contributed by atoms with Crippen molar-refractivity contribution in [3.8, 4) is 0 Å². The molecule has 0 aliphatic carbocycles. The number of anilines is 1. The molecular formula is C13H20Cl4N2O2. The molecule has 0 aliphatic rings. The second kappa shape index (κ2) is 12.2. The van der Waals surface area contributed by atoms with Crippen LogP contribution in [0.25, 0.3) is 0 Å². The summed E-state index contributed by atoms with van der Waals surface area (Å²) in [5, 5.41) is 8.76. The molecule has 1 atom stereocenters. The normalized spacial score (nSPS) is 11.0. The molecule has 21 heavy (non-hydrogen) atoms. The third-order valence-corrected chi connectivity index (χ3v) is 3.12. The molecule has 0 amide bonds. The smallest absolute Gasteiger partial charge is 0.320 e. The molecule has 0 unspecified atom stereocenters. The van der Waals surface area contributed by atoms with Crippen molar-refractivity contribution in [2.24, 2.45) is 5.73 Å². The van der Waals surface area contributed by atoms with Crippen LogP contribution in [0.15, 0.2) is 24.3 Å². The van der Waals surface area contributed by atoms with E-state index in [-0.39, 0.29) is 24.8 Å². The number of hydrogen-bond acceptors (Lipinski definition) is 3. The molecule has 0 saturated carbocycles. The van der Waals surface area contributed by atoms with Gasteiger partial charge in [-0.25, -0.2) is 0 Å². The quantitative estimate of drug-likeness (QED) is 0.683. The molecule has 1 aromatic rings. The first-order valence-corrected chi connectivity index (χ1v) is 7.09. The monoisotopic (exact) mass is 376 g/mol. The van der Waals surface area contributed by atoms with E-state index in [9.17, 15) is 4.79 Å². The Labute approximate surface area is 147 Å². The second-order valence-corrected chi connectivity index (χ2v) is 4.94. The van der Waals surface area contributed by atoms with E-state index in [4.69, 9.17) is 34.0 Å². The summed E-state index contributed by atoms with van der Waals surface area (Å²) in [5.41, 5.74) is 7.42. The van der Waals surface area contributed by atoms with Gasteiger partial charge in [0.2, 0.25) is 0 Å². The molecule has 8 heteroatoms. The number of hydrogen-bond donors (Lipinski definition) is 2. The zero-order valence-corrected chi connectivity index (χ0v) is 14.5. The Morgan fingerprint density at radius 1 is 1.14 bits per heavy atom. The molecule has 0 radical (unpaired) electrons. The number of alkyl halides is 2. The second-order valence-electron chi connectivity index (χ2n) is 4.18. The molecular weight excluding hydrogens is 358 g/mol. The van der Waals surface area contributed by atoms with Crippen molar-refractivity contribution >= 4 is 59.7 Å². The first-order chi connectivity index (χ1) is 9.08. The Kier molecular flexibility index (Phi) is 13.3. The van der Waals surface area contributed by atoms with Gasteiger partial charge in [-0.05, 0) is 24.1 Å². The van der Waals surface area contributed by atoms with E-state index in [0.29, 0.717) is 18.2 Å². The predicted octanol–water partition coefficient (Wildman–Crippen LogP) is 2.77. The lowest BCUT2D eigenvalue weighted by atomic mass is 10.1. The summed E-state index contributed by atoms with van der Waals surface area (Å²) in [5.74, 6) is 0.0698. The molecule has 0 aromatic heterocycles. The molecule has 0 saturated heterocycles. The number of nitrogens with two attached hydrogens (primary N) is 1. The predicted molar refractivity (Wildman–Crippen MR) is 93.9 cm³/mol. The van der Waals surface area contributed by atoms with Gasteiger partial charge < -0.3 is 15.7 Å². The van der Waals surface area contributed by atoms with Gasteiger partial charge in [0, 0.05) is 30.5 Å². The zero-order chi connectivity index (χ0) is 14.3. The van der Waals surface area contributed by atoms with Crippen LogP contribution in [0.4, 0.5) is 5.69 Å². The van der Waals surface area contributed by atoms with Crippen LogP contribution in [0, 0.1) is 0 Å². The fourth-order valence-corrected chi connectivity index (χ4v) is 2.17. The lowest BCUT2D eigenvalue weighted by Crippen LogP contribution is -2.32. The SMILES string of the molecule is Cl.Cl.N[C@@H](Cc1ccc(N(CCCl)CCCl)cc1)C(=O)O. The largest absolute Gasteiger partial charge is 0.480 e. The zero-order valence-electron chi connectivity index (χ0n) is 11.4. The molecule has 0 heterocycles. The van der Waals surface area contributed by atoms with Gasteiger partial charge in [0.25, 0.3) is 0 Å². The van der Waals surface area contributed by atoms with Gasteiger partial charge in [0.05, 0.1) is 0 Å². The number of carboxylic acids is 1. The molecule has 122 valence electrons. The maximum absolute atomic E-state index is 10.7. The van der Waals surface area contributed by atoms with Gasteiger partial charge >= 0.3 is 5.97 Å². The number of rotatable bonds is 8. The highest BCUT2D eigenvalue weighted by atomic mass is 35.5. The lowest BCUT2D eigenvalue weighted by molar-refractivity contribution is -0.138. The molecule has 1 rings (SSSR count). The molecule has 0 aliphatic heterocycles. The van der Waals surface area contributed by atoms with Crippen molar-refractivity contribution in [2.45, 2.75) is 12.5 Å². The Hall–Kier alpha value is -0.390. The Bertz CT molecular complexity index is 398. The number of benzene rings is 1. The highest BCUT2D eigenvalue weighted by molar-refractivity contribution is 6.18. The summed E-state index contributed by atoms with van der Waals surface area (Å²) in [6.45, 7) is 1.45. The van der Waals surface area contributed by atoms with E-state index < -0.39 is 12.0 Å². The first-order valence-electron chi connectivity index (χ1n) is 6.02. The van der Waals surface area contributed by atoms with E-state index >= 15 is 0 Å². The van der Waals surface area contributed by atoms with Crippen LogP contribution in [0.3, 0.4) is 0 Å². The van der Waals surface area contributed by atoms with Crippen LogP contribution in [-0.2, 0) is 11.2 Å². The van der Waals surface area contributed by atoms with E-state index in [1.54, 1.807) is 0 Å². The van der Waals surface area contributed by atoms with Gasteiger partial charge in [-0.1, -0.05) is 12.1 Å². The van der Waals surface area contributed by atoms with Crippen LogP contribution in [0.2, 0.25) is 0 Å². The Balaban J connectivity index is 0. The Morgan fingerprint density at radius 3 is 2.00 bits per heavy atom. The van der Waals surface area contributed by atoms with Gasteiger partial charge in [0.15, 0.2) is 0 Å². The van der Waals surface area contributed by atoms with Crippen molar-refractivity contribution in [2.75, 3.05) is 29.7 Å². The Morgan fingerprint density at radius 2 is 1.62 bits per heavy atom. The van der Waals surface area contributed by atoms with Gasteiger partial charge in [-0.15, -0.1) is 48.0 Å². The van der Waals surface area contributed by atoms with Gasteiger partial charge in [0.1, 0.15) is 6.04 Å². The van der Waals surface area contributed by atoms with E-state index in [2.05, 4.69) is 4.90 Å². The standard InChI is InChI=1S/C13H18Cl2N2O2.2ClH/c14-5-7-17(8-6-15)11-3-1-10(2-4-11)9-12(16)13(18)19;;/h1-4,12H,5-9,16H2,(H,18,19);2*1H/t12-;;/m0../s1. The maximum Gasteiger partial charge on any atom is 0.320 e. The van der Waals surface area contributed by atoms with Crippen molar-refractivity contribution in [3.63, 3.8) is 0 Å². The first kappa shape index (κ1) is 22.9. The third-order valence-electron chi connectivity index (χ3n) is 2.78. The summed E-state index contributed by atoms with van der Waals surface area (Å²) in [6, 6.07) is 6.76. The third kappa shape index (κ3) is 7.98. The summed E-state index contributed by atoms with van der Waals surface area (Å²) >= 11 is 11.5. The van der Waals surface area contributed by atoms with E-state index in [1.807, 2.05) is 24.3 Å². The van der Waals surface area contributed by atoms with Crippen LogP contribution in [-0.4, -0.2) is 42.0 Å². The molecule has 0 bridgehead atoms. The van der Waals surface area contributed by atoms with E-state index in [0.717, 1.165) is 24.3 Å². The fourth-order valence-electron chi connectivity index (χ4n) is 1.76. The molecule has 0 spiro atoms. The van der Waals surface area contributed by atoms with Crippen LogP contribution in [0.1, 0.15) is 5.56 Å². The molecule has 3 N–H and O–H groups in total. The summed E-state index contributed by atoms with van der Waals surface area (Å²) in [7, 11) is 0. The van der Waals surface area contributed by atoms with Crippen LogP contribution in [0.5, 0.6) is 0 Å². The van der Waals surface area contributed by atoms with Crippen molar-refractivity contribution < 1.29 is 9.90 Å². The molecule has 4 nitrogen and oxygen atoms in total. The minimum atomic E-state index is -0.991. The summed E-state index contributed by atoms with van der Waals surface area (Å²) in [6.07, 6.45) is 0.320. The average Bonchev–Trinajstić information content (AvgIpc) is 2.39. The van der Waals surface area contributed by atoms with Gasteiger partial charge in [-0.3, -0.25) is 4.79 Å². The number of aliphatic carboxylic acids is 1. The van der Waals surface area contributed by atoms with Crippen LogP contribution < -0.4 is 10.6 Å². The number of carbonyl (C=O) groups is 1. The topological polar surface area (TPSA) is 66.6 Å². The average molecular weight is 378 g/mol.